The lowest BCUT2D eigenvalue weighted by Crippen LogP contribution is -2.03. The van der Waals surface area contributed by atoms with Crippen molar-refractivity contribution in [2.45, 2.75) is 20.3 Å². The summed E-state index contributed by atoms with van der Waals surface area (Å²) in [6, 6.07) is 17.1. The molecule has 3 aromatic rings. The molecule has 0 aliphatic carbocycles. The molecular weight excluding hydrogens is 360 g/mol. The van der Waals surface area contributed by atoms with Crippen LogP contribution in [0.15, 0.2) is 54.7 Å². The predicted molar refractivity (Wildman–Crippen MR) is 115 cm³/mol. The smallest absolute Gasteiger partial charge is 0.229 e. The number of nitriles is 2. The van der Waals surface area contributed by atoms with E-state index >= 15 is 0 Å². The summed E-state index contributed by atoms with van der Waals surface area (Å²) < 4.78 is 0. The van der Waals surface area contributed by atoms with Gasteiger partial charge in [-0.2, -0.15) is 15.5 Å². The van der Waals surface area contributed by atoms with Crippen LogP contribution in [0.3, 0.4) is 0 Å². The Hall–Kier alpha value is -4.16. The molecule has 2 N–H and O–H groups in total. The highest BCUT2D eigenvalue weighted by molar-refractivity contribution is 5.69. The van der Waals surface area contributed by atoms with Crippen molar-refractivity contribution >= 4 is 29.2 Å². The fourth-order valence-corrected chi connectivity index (χ4v) is 2.95. The second-order valence-corrected chi connectivity index (χ2v) is 6.39. The molecular formula is C23H20N6. The number of hydrogen-bond acceptors (Lipinski definition) is 6. The monoisotopic (exact) mass is 380 g/mol. The van der Waals surface area contributed by atoms with Crippen LogP contribution < -0.4 is 10.6 Å². The van der Waals surface area contributed by atoms with Crippen LogP contribution in [-0.4, -0.2) is 9.97 Å². The molecule has 29 heavy (non-hydrogen) atoms. The molecule has 2 aromatic carbocycles. The van der Waals surface area contributed by atoms with Gasteiger partial charge in [0.2, 0.25) is 5.95 Å². The van der Waals surface area contributed by atoms with Gasteiger partial charge in [-0.25, -0.2) is 4.98 Å². The van der Waals surface area contributed by atoms with E-state index in [4.69, 9.17) is 10.5 Å². The molecule has 6 nitrogen and oxygen atoms in total. The second-order valence-electron chi connectivity index (χ2n) is 6.39. The summed E-state index contributed by atoms with van der Waals surface area (Å²) in [4.78, 5) is 8.80. The first-order chi connectivity index (χ1) is 14.1. The van der Waals surface area contributed by atoms with Crippen molar-refractivity contribution in [2.24, 2.45) is 0 Å². The molecule has 0 bridgehead atoms. The highest BCUT2D eigenvalue weighted by Gasteiger charge is 2.09. The van der Waals surface area contributed by atoms with Gasteiger partial charge in [-0.1, -0.05) is 6.92 Å². The number of nitrogens with one attached hydrogen (secondary N) is 2. The number of allylic oxidation sites excluding steroid dienone is 1. The second kappa shape index (κ2) is 9.16. The minimum Gasteiger partial charge on any atom is -0.340 e. The van der Waals surface area contributed by atoms with Gasteiger partial charge in [0.15, 0.2) is 0 Å². The van der Waals surface area contributed by atoms with Crippen molar-refractivity contribution in [3.8, 4) is 12.1 Å². The summed E-state index contributed by atoms with van der Waals surface area (Å²) in [6.07, 6.45) is 5.82. The lowest BCUT2D eigenvalue weighted by molar-refractivity contribution is 1.12. The Balaban J connectivity index is 1.83. The van der Waals surface area contributed by atoms with E-state index in [9.17, 15) is 0 Å². The van der Waals surface area contributed by atoms with Gasteiger partial charge < -0.3 is 10.6 Å². The Morgan fingerprint density at radius 1 is 1.07 bits per heavy atom. The topological polar surface area (TPSA) is 97.4 Å². The largest absolute Gasteiger partial charge is 0.340 e. The summed E-state index contributed by atoms with van der Waals surface area (Å²) in [6.45, 7) is 4.12. The minimum absolute atomic E-state index is 0.462. The molecule has 1 aromatic heterocycles. The molecule has 1 heterocycles. The van der Waals surface area contributed by atoms with Gasteiger partial charge >= 0.3 is 0 Å². The summed E-state index contributed by atoms with van der Waals surface area (Å²) >= 11 is 0. The SMILES string of the molecule is CCc1cc(/C=C/C#N)cc(C)c1Nc1ccnc(Nc2ccc(C#N)cc2)n1. The average molecular weight is 380 g/mol. The van der Waals surface area contributed by atoms with E-state index in [0.29, 0.717) is 17.3 Å². The molecule has 0 radical (unpaired) electrons. The fraction of sp³-hybridized carbons (Fsp3) is 0.130. The van der Waals surface area contributed by atoms with E-state index in [0.717, 1.165) is 34.5 Å². The van der Waals surface area contributed by atoms with Gasteiger partial charge in [0.1, 0.15) is 5.82 Å². The molecule has 0 saturated carbocycles. The lowest BCUT2D eigenvalue weighted by Gasteiger charge is -2.15. The van der Waals surface area contributed by atoms with E-state index in [2.05, 4.69) is 39.7 Å². The van der Waals surface area contributed by atoms with Crippen LogP contribution in [0.1, 0.15) is 29.2 Å². The highest BCUT2D eigenvalue weighted by Crippen LogP contribution is 2.27. The van der Waals surface area contributed by atoms with Crippen molar-refractivity contribution in [2.75, 3.05) is 10.6 Å². The molecule has 0 spiro atoms. The van der Waals surface area contributed by atoms with Crippen molar-refractivity contribution < 1.29 is 0 Å². The first-order valence-corrected chi connectivity index (χ1v) is 9.20. The highest BCUT2D eigenvalue weighted by atomic mass is 15.1. The van der Waals surface area contributed by atoms with Crippen molar-refractivity contribution in [1.29, 1.82) is 10.5 Å². The summed E-state index contributed by atoms with van der Waals surface area (Å²) in [5, 5.41) is 24.2. The average Bonchev–Trinajstić information content (AvgIpc) is 2.74. The van der Waals surface area contributed by atoms with Gasteiger partial charge in [-0.05, 0) is 78.6 Å². The first-order valence-electron chi connectivity index (χ1n) is 9.20. The van der Waals surface area contributed by atoms with Crippen LogP contribution in [0.4, 0.5) is 23.1 Å². The zero-order valence-electron chi connectivity index (χ0n) is 16.3. The zero-order valence-corrected chi connectivity index (χ0v) is 16.3. The maximum Gasteiger partial charge on any atom is 0.229 e. The molecule has 142 valence electrons. The number of rotatable bonds is 6. The third-order valence-corrected chi connectivity index (χ3v) is 4.35. The van der Waals surface area contributed by atoms with E-state index in [1.54, 1.807) is 24.4 Å². The maximum absolute atomic E-state index is 8.90. The Bertz CT molecular complexity index is 1120. The third-order valence-electron chi connectivity index (χ3n) is 4.35. The molecule has 6 heteroatoms. The Morgan fingerprint density at radius 2 is 1.86 bits per heavy atom. The van der Waals surface area contributed by atoms with Crippen molar-refractivity contribution in [3.63, 3.8) is 0 Å². The number of hydrogen-bond donors (Lipinski definition) is 2. The fourth-order valence-electron chi connectivity index (χ4n) is 2.95. The molecule has 3 rings (SSSR count). The molecule has 0 aliphatic heterocycles. The Kier molecular flexibility index (Phi) is 6.19. The number of anilines is 4. The van der Waals surface area contributed by atoms with E-state index in [1.807, 2.05) is 37.3 Å². The number of aromatic nitrogens is 2. The molecule has 0 atom stereocenters. The number of benzene rings is 2. The molecule has 0 saturated heterocycles. The maximum atomic E-state index is 8.90. The van der Waals surface area contributed by atoms with E-state index in [1.165, 1.54) is 6.08 Å². The summed E-state index contributed by atoms with van der Waals surface area (Å²) in [5.74, 6) is 1.14. The van der Waals surface area contributed by atoms with Gasteiger partial charge in [0, 0.05) is 23.6 Å². The van der Waals surface area contributed by atoms with Crippen LogP contribution in [0.5, 0.6) is 0 Å². The first kappa shape index (κ1) is 19.6. The molecule has 0 amide bonds. The molecule has 0 aliphatic rings. The van der Waals surface area contributed by atoms with Gasteiger partial charge in [-0.3, -0.25) is 0 Å². The minimum atomic E-state index is 0.462. The number of nitrogens with zero attached hydrogens (tertiary/aromatic N) is 4. The normalized spacial score (nSPS) is 10.3. The summed E-state index contributed by atoms with van der Waals surface area (Å²) in [7, 11) is 0. The van der Waals surface area contributed by atoms with Crippen molar-refractivity contribution in [1.82, 2.24) is 9.97 Å². The van der Waals surface area contributed by atoms with Gasteiger partial charge in [0.05, 0.1) is 17.7 Å². The Morgan fingerprint density at radius 3 is 2.55 bits per heavy atom. The van der Waals surface area contributed by atoms with E-state index in [-0.39, 0.29) is 0 Å². The number of aryl methyl sites for hydroxylation is 2. The van der Waals surface area contributed by atoms with Crippen molar-refractivity contribution in [3.05, 3.63) is 77.0 Å². The van der Waals surface area contributed by atoms with Crippen LogP contribution in [-0.2, 0) is 6.42 Å². The zero-order chi connectivity index (χ0) is 20.6. The Labute approximate surface area is 170 Å². The van der Waals surface area contributed by atoms with Crippen LogP contribution in [0.2, 0.25) is 0 Å². The van der Waals surface area contributed by atoms with Crippen LogP contribution in [0.25, 0.3) is 6.08 Å². The molecule has 0 unspecified atom stereocenters. The quantitative estimate of drug-likeness (QED) is 0.567. The molecule has 0 fully saturated rings. The summed E-state index contributed by atoms with van der Waals surface area (Å²) in [5.41, 5.74) is 5.62. The standard InChI is InChI=1S/C23H20N6/c1-3-19-14-18(5-4-11-24)13-16(2)22(19)28-21-10-12-26-23(29-21)27-20-8-6-17(15-25)7-9-20/h4-10,12-14H,3H2,1-2H3,(H2,26,27,28,29)/b5-4+. The van der Waals surface area contributed by atoms with Gasteiger partial charge in [0.25, 0.3) is 0 Å². The van der Waals surface area contributed by atoms with Crippen LogP contribution in [0, 0.1) is 29.6 Å². The predicted octanol–water partition coefficient (Wildman–Crippen LogP) is 5.24. The van der Waals surface area contributed by atoms with Crippen LogP contribution >= 0.6 is 0 Å². The lowest BCUT2D eigenvalue weighted by atomic mass is 10.0. The van der Waals surface area contributed by atoms with E-state index < -0.39 is 0 Å². The van der Waals surface area contributed by atoms with Gasteiger partial charge in [-0.15, -0.1) is 0 Å². The third kappa shape index (κ3) is 4.97.